The smallest absolute Gasteiger partial charge is 0.230 e. The summed E-state index contributed by atoms with van der Waals surface area (Å²) in [5.74, 6) is 1.52. The Kier molecular flexibility index (Phi) is 6.23. The molecule has 0 aliphatic rings. The highest BCUT2D eigenvalue weighted by Crippen LogP contribution is 2.31. The number of carbonyl (C=O) groups excluding carboxylic acids is 1. The van der Waals surface area contributed by atoms with Gasteiger partial charge in [0.1, 0.15) is 12.1 Å². The van der Waals surface area contributed by atoms with E-state index >= 15 is 0 Å². The molecule has 1 amide bonds. The first-order valence-corrected chi connectivity index (χ1v) is 12.3. The van der Waals surface area contributed by atoms with E-state index in [4.69, 9.17) is 4.42 Å². The van der Waals surface area contributed by atoms with E-state index in [2.05, 4.69) is 33.5 Å². The van der Waals surface area contributed by atoms with Gasteiger partial charge in [0.2, 0.25) is 5.91 Å². The molecule has 0 saturated carbocycles. The van der Waals surface area contributed by atoms with Crippen LogP contribution < -0.4 is 5.32 Å². The van der Waals surface area contributed by atoms with Crippen LogP contribution in [0.25, 0.3) is 26.7 Å². The number of furan rings is 1. The molecule has 0 bridgehead atoms. The molecule has 0 radical (unpaired) electrons. The third-order valence-electron chi connectivity index (χ3n) is 5.11. The van der Waals surface area contributed by atoms with Crippen molar-refractivity contribution < 1.29 is 9.21 Å². The Balaban J connectivity index is 1.18. The van der Waals surface area contributed by atoms with E-state index in [0.29, 0.717) is 23.2 Å². The number of benzene rings is 2. The molecule has 166 valence electrons. The van der Waals surface area contributed by atoms with Gasteiger partial charge in [0.25, 0.3) is 0 Å². The Labute approximate surface area is 198 Å². The van der Waals surface area contributed by atoms with Gasteiger partial charge < -0.3 is 9.73 Å². The fourth-order valence-corrected chi connectivity index (χ4v) is 5.14. The first kappa shape index (κ1) is 21.4. The predicted octanol–water partition coefficient (Wildman–Crippen LogP) is 5.11. The molecule has 3 heterocycles. The van der Waals surface area contributed by atoms with Crippen LogP contribution in [0.2, 0.25) is 0 Å². The third-order valence-corrected chi connectivity index (χ3v) is 7.10. The lowest BCUT2D eigenvalue weighted by Gasteiger charge is -2.10. The summed E-state index contributed by atoms with van der Waals surface area (Å²) in [6.07, 6.45) is 2.59. The second-order valence-corrected chi connectivity index (χ2v) is 9.26. The molecule has 5 aromatic rings. The van der Waals surface area contributed by atoms with Crippen LogP contribution in [0.1, 0.15) is 18.2 Å². The van der Waals surface area contributed by atoms with Gasteiger partial charge in [-0.15, -0.1) is 21.5 Å². The number of rotatable bonds is 8. The van der Waals surface area contributed by atoms with Gasteiger partial charge in [-0.3, -0.25) is 9.36 Å². The van der Waals surface area contributed by atoms with Crippen molar-refractivity contribution in [3.63, 3.8) is 0 Å². The van der Waals surface area contributed by atoms with E-state index in [9.17, 15) is 4.79 Å². The quantitative estimate of drug-likeness (QED) is 0.314. The molecule has 0 spiro atoms. The van der Waals surface area contributed by atoms with Crippen LogP contribution in [-0.4, -0.2) is 31.4 Å². The van der Waals surface area contributed by atoms with Crippen molar-refractivity contribution in [1.29, 1.82) is 0 Å². The molecule has 9 heteroatoms. The van der Waals surface area contributed by atoms with Gasteiger partial charge in [-0.25, -0.2) is 4.98 Å². The maximum Gasteiger partial charge on any atom is 0.230 e. The molecule has 5 rings (SSSR count). The highest BCUT2D eigenvalue weighted by molar-refractivity contribution is 7.99. The number of nitrogens with one attached hydrogen (secondary N) is 1. The fraction of sp³-hybridized carbons (Fsp3) is 0.167. The molecule has 0 fully saturated rings. The van der Waals surface area contributed by atoms with Gasteiger partial charge in [-0.2, -0.15) is 0 Å². The number of aromatic nitrogens is 4. The number of carbonyl (C=O) groups is 1. The SMILES string of the molecule is CCc1ccccc1-n1cnnc1SCC(=O)NCc1ccc(-c2nc3ccccc3s2)o1. The van der Waals surface area contributed by atoms with E-state index in [0.717, 1.165) is 27.3 Å². The largest absolute Gasteiger partial charge is 0.457 e. The maximum absolute atomic E-state index is 12.4. The van der Waals surface area contributed by atoms with Crippen LogP contribution >= 0.6 is 23.1 Å². The van der Waals surface area contributed by atoms with E-state index in [1.165, 1.54) is 17.3 Å². The first-order chi connectivity index (χ1) is 16.2. The van der Waals surface area contributed by atoms with Gasteiger partial charge in [0.15, 0.2) is 15.9 Å². The molecule has 3 aromatic heterocycles. The minimum absolute atomic E-state index is 0.101. The van der Waals surface area contributed by atoms with Crippen molar-refractivity contribution in [2.45, 2.75) is 25.0 Å². The number of hydrogen-bond donors (Lipinski definition) is 1. The van der Waals surface area contributed by atoms with Gasteiger partial charge in [0, 0.05) is 0 Å². The molecule has 0 aliphatic carbocycles. The van der Waals surface area contributed by atoms with Gasteiger partial charge in [0.05, 0.1) is 28.2 Å². The zero-order chi connectivity index (χ0) is 22.6. The predicted molar refractivity (Wildman–Crippen MR) is 131 cm³/mol. The number of thiazole rings is 1. The number of aryl methyl sites for hydroxylation is 1. The molecule has 0 aliphatic heterocycles. The summed E-state index contributed by atoms with van der Waals surface area (Å²) in [7, 11) is 0. The number of amides is 1. The van der Waals surface area contributed by atoms with Crippen LogP contribution in [0.15, 0.2) is 76.6 Å². The summed E-state index contributed by atoms with van der Waals surface area (Å²) in [6, 6.07) is 19.9. The molecule has 1 N–H and O–H groups in total. The van der Waals surface area contributed by atoms with E-state index in [1.807, 2.05) is 59.2 Å². The molecule has 0 saturated heterocycles. The molecular formula is C24H21N5O2S2. The number of nitrogens with zero attached hydrogens (tertiary/aromatic N) is 4. The van der Waals surface area contributed by atoms with Crippen molar-refractivity contribution >= 4 is 39.2 Å². The van der Waals surface area contributed by atoms with Gasteiger partial charge in [-0.05, 0) is 42.3 Å². The Morgan fingerprint density at radius 1 is 1.12 bits per heavy atom. The molecule has 0 atom stereocenters. The zero-order valence-corrected chi connectivity index (χ0v) is 19.5. The Bertz CT molecular complexity index is 1370. The van der Waals surface area contributed by atoms with Gasteiger partial charge >= 0.3 is 0 Å². The minimum Gasteiger partial charge on any atom is -0.457 e. The molecule has 7 nitrogen and oxygen atoms in total. The van der Waals surface area contributed by atoms with Gasteiger partial charge in [-0.1, -0.05) is 49.0 Å². The zero-order valence-electron chi connectivity index (χ0n) is 17.9. The van der Waals surface area contributed by atoms with E-state index in [1.54, 1.807) is 17.7 Å². The van der Waals surface area contributed by atoms with Crippen molar-refractivity contribution in [3.05, 3.63) is 78.3 Å². The van der Waals surface area contributed by atoms with E-state index in [-0.39, 0.29) is 11.7 Å². The second kappa shape index (κ2) is 9.60. The lowest BCUT2D eigenvalue weighted by atomic mass is 10.1. The summed E-state index contributed by atoms with van der Waals surface area (Å²) in [5.41, 5.74) is 3.19. The Hall–Kier alpha value is -3.43. The highest BCUT2D eigenvalue weighted by Gasteiger charge is 2.14. The summed E-state index contributed by atoms with van der Waals surface area (Å²) in [5, 5.41) is 12.6. The van der Waals surface area contributed by atoms with Crippen LogP contribution in [0, 0.1) is 0 Å². The summed E-state index contributed by atoms with van der Waals surface area (Å²) in [4.78, 5) is 17.0. The topological polar surface area (TPSA) is 85.8 Å². The summed E-state index contributed by atoms with van der Waals surface area (Å²) in [6.45, 7) is 2.43. The molecular weight excluding hydrogens is 454 g/mol. The van der Waals surface area contributed by atoms with E-state index < -0.39 is 0 Å². The van der Waals surface area contributed by atoms with Crippen molar-refractivity contribution in [3.8, 4) is 16.5 Å². The molecule has 0 unspecified atom stereocenters. The lowest BCUT2D eigenvalue weighted by Crippen LogP contribution is -2.24. The average molecular weight is 476 g/mol. The lowest BCUT2D eigenvalue weighted by molar-refractivity contribution is -0.118. The monoisotopic (exact) mass is 475 g/mol. The van der Waals surface area contributed by atoms with Crippen molar-refractivity contribution in [2.24, 2.45) is 0 Å². The van der Waals surface area contributed by atoms with Crippen molar-refractivity contribution in [1.82, 2.24) is 25.1 Å². The van der Waals surface area contributed by atoms with Crippen LogP contribution in [0.3, 0.4) is 0 Å². The highest BCUT2D eigenvalue weighted by atomic mass is 32.2. The second-order valence-electron chi connectivity index (χ2n) is 7.28. The molecule has 2 aromatic carbocycles. The van der Waals surface area contributed by atoms with Crippen LogP contribution in [-0.2, 0) is 17.8 Å². The standard InChI is InChI=1S/C24H21N5O2S2/c1-2-16-7-3-5-9-19(16)29-15-26-28-24(29)32-14-22(30)25-13-17-11-12-20(31-17)23-27-18-8-4-6-10-21(18)33-23/h3-12,15H,2,13-14H2,1H3,(H,25,30). The first-order valence-electron chi connectivity index (χ1n) is 10.5. The normalized spacial score (nSPS) is 11.2. The molecule has 33 heavy (non-hydrogen) atoms. The maximum atomic E-state index is 12.4. The number of fused-ring (bicyclic) bond motifs is 1. The van der Waals surface area contributed by atoms with Crippen LogP contribution in [0.4, 0.5) is 0 Å². The summed E-state index contributed by atoms with van der Waals surface area (Å²) < 4.78 is 8.94. The van der Waals surface area contributed by atoms with Crippen LogP contribution in [0.5, 0.6) is 0 Å². The summed E-state index contributed by atoms with van der Waals surface area (Å²) >= 11 is 2.94. The Morgan fingerprint density at radius 2 is 1.97 bits per heavy atom. The third kappa shape index (κ3) is 4.69. The van der Waals surface area contributed by atoms with Crippen molar-refractivity contribution in [2.75, 3.05) is 5.75 Å². The minimum atomic E-state index is -0.101. The Morgan fingerprint density at radius 3 is 2.85 bits per heavy atom. The number of thioether (sulfide) groups is 1. The number of para-hydroxylation sites is 2. The average Bonchev–Trinajstić information content (AvgIpc) is 3.60. The number of hydrogen-bond acceptors (Lipinski definition) is 7. The fourth-order valence-electron chi connectivity index (χ4n) is 3.47.